The molecule has 0 aliphatic heterocycles. The molecule has 2 heterocycles. The molecular formula is C28H31ClN6O2S2. The first-order valence-electron chi connectivity index (χ1n) is 12.7. The van der Waals surface area contributed by atoms with Crippen molar-refractivity contribution in [2.45, 2.75) is 51.9 Å². The topological polar surface area (TPSA) is 102 Å². The highest BCUT2D eigenvalue weighted by Gasteiger charge is 2.25. The van der Waals surface area contributed by atoms with Crippen LogP contribution in [0.5, 0.6) is 0 Å². The maximum atomic E-state index is 13.0. The van der Waals surface area contributed by atoms with Crippen LogP contribution < -0.4 is 10.6 Å². The van der Waals surface area contributed by atoms with Gasteiger partial charge in [-0.3, -0.25) is 9.59 Å². The van der Waals surface area contributed by atoms with E-state index in [0.717, 1.165) is 16.1 Å². The van der Waals surface area contributed by atoms with Gasteiger partial charge in [0.25, 0.3) is 5.91 Å². The van der Waals surface area contributed by atoms with Gasteiger partial charge in [0.1, 0.15) is 0 Å². The van der Waals surface area contributed by atoms with Gasteiger partial charge in [-0.15, -0.1) is 21.5 Å². The number of thioether (sulfide) groups is 1. The third kappa shape index (κ3) is 7.26. The summed E-state index contributed by atoms with van der Waals surface area (Å²) in [5, 5.41) is 16.3. The highest BCUT2D eigenvalue weighted by atomic mass is 35.5. The molecule has 8 nitrogen and oxygen atoms in total. The minimum absolute atomic E-state index is 0.151. The van der Waals surface area contributed by atoms with Crippen LogP contribution in [0, 0.1) is 12.8 Å². The molecule has 204 valence electrons. The average Bonchev–Trinajstić information content (AvgIpc) is 3.50. The minimum Gasteiger partial charge on any atom is -0.342 e. The fourth-order valence-corrected chi connectivity index (χ4v) is 6.03. The number of nitrogens with zero attached hydrogens (tertiary/aromatic N) is 4. The molecule has 0 aliphatic carbocycles. The maximum absolute atomic E-state index is 13.0. The summed E-state index contributed by atoms with van der Waals surface area (Å²) in [5.41, 5.74) is 2.30. The first kappa shape index (κ1) is 28.8. The predicted molar refractivity (Wildman–Crippen MR) is 158 cm³/mol. The Bertz CT molecular complexity index is 1440. The van der Waals surface area contributed by atoms with Gasteiger partial charge < -0.3 is 15.2 Å². The van der Waals surface area contributed by atoms with E-state index in [1.54, 1.807) is 24.3 Å². The molecule has 0 radical (unpaired) electrons. The summed E-state index contributed by atoms with van der Waals surface area (Å²) in [7, 11) is 0. The van der Waals surface area contributed by atoms with Crippen molar-refractivity contribution in [3.8, 4) is 11.3 Å². The summed E-state index contributed by atoms with van der Waals surface area (Å²) in [5.74, 6) is 0.661. The maximum Gasteiger partial charge on any atom is 0.253 e. The van der Waals surface area contributed by atoms with Crippen molar-refractivity contribution in [2.75, 3.05) is 11.1 Å². The summed E-state index contributed by atoms with van der Waals surface area (Å²) in [4.78, 5) is 31.5. The lowest BCUT2D eigenvalue weighted by Gasteiger charge is -2.21. The molecule has 0 spiro atoms. The second-order valence-electron chi connectivity index (χ2n) is 9.35. The number of hydrogen-bond acceptors (Lipinski definition) is 7. The molecule has 2 aromatic carbocycles. The molecule has 0 saturated heterocycles. The number of carbonyl (C=O) groups excluding carboxylic acids is 2. The van der Waals surface area contributed by atoms with E-state index in [9.17, 15) is 9.59 Å². The number of hydrogen-bond donors (Lipinski definition) is 2. The van der Waals surface area contributed by atoms with Crippen molar-refractivity contribution in [1.82, 2.24) is 25.1 Å². The highest BCUT2D eigenvalue weighted by Crippen LogP contribution is 2.31. The van der Waals surface area contributed by atoms with Crippen LogP contribution in [0.15, 0.2) is 59.8 Å². The summed E-state index contributed by atoms with van der Waals surface area (Å²) < 4.78 is 1.94. The smallest absolute Gasteiger partial charge is 0.253 e. The van der Waals surface area contributed by atoms with Crippen LogP contribution in [0.1, 0.15) is 54.3 Å². The molecule has 1 atom stereocenters. The molecule has 0 bridgehead atoms. The van der Waals surface area contributed by atoms with Crippen molar-refractivity contribution in [2.24, 2.45) is 5.92 Å². The summed E-state index contributed by atoms with van der Waals surface area (Å²) in [6, 6.07) is 16.5. The van der Waals surface area contributed by atoms with E-state index in [0.29, 0.717) is 45.6 Å². The standard InChI is InChI=1S/C28H31ClN6O2S2/c1-5-35-25(22(15-17(2)3)30-26(37)20-13-9-10-14-21(20)29)33-34-28(35)38-16-23(36)31-27-32-24(18(4)39-27)19-11-7-6-8-12-19/h6-14,17,22H,5,15-16H2,1-4H3,(H,30,37)(H,31,32,36)/t22-/m1/s1. The van der Waals surface area contributed by atoms with Gasteiger partial charge in [-0.25, -0.2) is 4.98 Å². The van der Waals surface area contributed by atoms with Crippen LogP contribution in [-0.2, 0) is 11.3 Å². The number of aryl methyl sites for hydroxylation is 1. The number of aromatic nitrogens is 4. The van der Waals surface area contributed by atoms with Crippen molar-refractivity contribution < 1.29 is 9.59 Å². The fraction of sp³-hybridized carbons (Fsp3) is 0.321. The first-order valence-corrected chi connectivity index (χ1v) is 14.9. The summed E-state index contributed by atoms with van der Waals surface area (Å²) in [6.07, 6.45) is 0.673. The monoisotopic (exact) mass is 582 g/mol. The Labute approximate surface area is 241 Å². The Kier molecular flexibility index (Phi) is 9.77. The van der Waals surface area contributed by atoms with E-state index in [4.69, 9.17) is 11.6 Å². The zero-order valence-corrected chi connectivity index (χ0v) is 24.7. The third-order valence-electron chi connectivity index (χ3n) is 5.93. The molecule has 2 aromatic heterocycles. The first-order chi connectivity index (χ1) is 18.8. The van der Waals surface area contributed by atoms with E-state index >= 15 is 0 Å². The zero-order chi connectivity index (χ0) is 27.9. The summed E-state index contributed by atoms with van der Waals surface area (Å²) >= 11 is 9.00. The van der Waals surface area contributed by atoms with E-state index < -0.39 is 0 Å². The molecule has 0 fully saturated rings. The van der Waals surface area contributed by atoms with Crippen LogP contribution in [0.4, 0.5) is 5.13 Å². The third-order valence-corrected chi connectivity index (χ3v) is 8.11. The highest BCUT2D eigenvalue weighted by molar-refractivity contribution is 7.99. The van der Waals surface area contributed by atoms with Gasteiger partial charge in [0.15, 0.2) is 16.1 Å². The Hall–Kier alpha value is -3.21. The number of thiazole rings is 1. The van der Waals surface area contributed by atoms with Gasteiger partial charge in [0, 0.05) is 17.0 Å². The molecule has 39 heavy (non-hydrogen) atoms. The van der Waals surface area contributed by atoms with Gasteiger partial charge in [0.2, 0.25) is 5.91 Å². The lowest BCUT2D eigenvalue weighted by Crippen LogP contribution is -2.31. The molecule has 0 saturated carbocycles. The molecule has 2 amide bonds. The van der Waals surface area contributed by atoms with Crippen LogP contribution in [-0.4, -0.2) is 37.3 Å². The minimum atomic E-state index is -0.362. The second-order valence-corrected chi connectivity index (χ2v) is 11.9. The average molecular weight is 583 g/mol. The largest absolute Gasteiger partial charge is 0.342 e. The number of carbonyl (C=O) groups is 2. The Morgan fingerprint density at radius 3 is 2.49 bits per heavy atom. The summed E-state index contributed by atoms with van der Waals surface area (Å²) in [6.45, 7) is 8.75. The molecule has 4 aromatic rings. The number of rotatable bonds is 11. The zero-order valence-electron chi connectivity index (χ0n) is 22.3. The molecular weight excluding hydrogens is 552 g/mol. The van der Waals surface area contributed by atoms with Gasteiger partial charge in [-0.2, -0.15) is 0 Å². The fourth-order valence-electron chi connectivity index (χ4n) is 4.14. The van der Waals surface area contributed by atoms with E-state index in [2.05, 4.69) is 39.7 Å². The van der Waals surface area contributed by atoms with Gasteiger partial charge >= 0.3 is 0 Å². The van der Waals surface area contributed by atoms with Crippen molar-refractivity contribution in [3.63, 3.8) is 0 Å². The number of benzene rings is 2. The van der Waals surface area contributed by atoms with Crippen LogP contribution in [0.2, 0.25) is 5.02 Å². The normalized spacial score (nSPS) is 11.9. The van der Waals surface area contributed by atoms with Gasteiger partial charge in [-0.1, -0.05) is 79.7 Å². The second kappa shape index (κ2) is 13.2. The van der Waals surface area contributed by atoms with Crippen LogP contribution >= 0.6 is 34.7 Å². The number of halogens is 1. The Morgan fingerprint density at radius 2 is 1.79 bits per heavy atom. The Balaban J connectivity index is 1.44. The van der Waals surface area contributed by atoms with Gasteiger partial charge in [0.05, 0.1) is 28.1 Å². The lowest BCUT2D eigenvalue weighted by molar-refractivity contribution is -0.113. The molecule has 0 aliphatic rings. The SMILES string of the molecule is CCn1c(SCC(=O)Nc2nc(-c3ccccc3)c(C)s2)nnc1[C@@H](CC(C)C)NC(=O)c1ccccc1Cl. The number of nitrogens with one attached hydrogen (secondary N) is 2. The number of amides is 2. The van der Waals surface area contributed by atoms with Crippen molar-refractivity contribution in [3.05, 3.63) is 75.9 Å². The van der Waals surface area contributed by atoms with E-state index in [-0.39, 0.29) is 23.6 Å². The predicted octanol–water partition coefficient (Wildman–Crippen LogP) is 6.63. The van der Waals surface area contributed by atoms with E-state index in [1.165, 1.54) is 23.1 Å². The van der Waals surface area contributed by atoms with Crippen LogP contribution in [0.3, 0.4) is 0 Å². The molecule has 11 heteroatoms. The molecule has 4 rings (SSSR count). The quantitative estimate of drug-likeness (QED) is 0.192. The van der Waals surface area contributed by atoms with Crippen molar-refractivity contribution >= 4 is 51.6 Å². The van der Waals surface area contributed by atoms with Crippen LogP contribution in [0.25, 0.3) is 11.3 Å². The molecule has 0 unspecified atom stereocenters. The van der Waals surface area contributed by atoms with Crippen molar-refractivity contribution in [1.29, 1.82) is 0 Å². The van der Waals surface area contributed by atoms with E-state index in [1.807, 2.05) is 48.7 Å². The lowest BCUT2D eigenvalue weighted by atomic mass is 10.0. The van der Waals surface area contributed by atoms with Gasteiger partial charge in [-0.05, 0) is 38.3 Å². The molecule has 2 N–H and O–H groups in total. The number of anilines is 1. The Morgan fingerprint density at radius 1 is 1.08 bits per heavy atom.